The molecule has 2 unspecified atom stereocenters. The van der Waals surface area contributed by atoms with Crippen LogP contribution in [0.3, 0.4) is 0 Å². The average Bonchev–Trinajstić information content (AvgIpc) is 2.76. The Hall–Kier alpha value is -0.0800. The first kappa shape index (κ1) is 8.52. The zero-order chi connectivity index (χ0) is 8.39. The van der Waals surface area contributed by atoms with E-state index in [1.807, 2.05) is 0 Å². The Morgan fingerprint density at radius 3 is 2.58 bits per heavy atom. The number of nitrogens with one attached hydrogen (secondary N) is 1. The van der Waals surface area contributed by atoms with E-state index in [0.29, 0.717) is 6.04 Å². The first-order chi connectivity index (χ1) is 5.84. The third kappa shape index (κ3) is 2.46. The summed E-state index contributed by atoms with van der Waals surface area (Å²) in [7, 11) is 0. The molecule has 3 N–H and O–H groups in total. The zero-order valence-corrected chi connectivity index (χ0v) is 7.76. The van der Waals surface area contributed by atoms with Crippen LogP contribution in [-0.2, 0) is 0 Å². The number of hydrogen-bond donors (Lipinski definition) is 2. The molecule has 0 saturated heterocycles. The number of rotatable bonds is 4. The predicted octanol–water partition coefficient (Wildman–Crippen LogP) is 1.26. The van der Waals surface area contributed by atoms with Crippen molar-refractivity contribution in [2.24, 2.45) is 11.7 Å². The van der Waals surface area contributed by atoms with Crippen molar-refractivity contribution >= 4 is 0 Å². The van der Waals surface area contributed by atoms with E-state index < -0.39 is 0 Å². The standard InChI is InChI=1S/C10H20N2/c11-9-3-4-10(7-9)12-6-5-8-1-2-8/h8-10,12H,1-7,11H2. The maximum Gasteiger partial charge on any atom is 0.00823 e. The molecule has 2 saturated carbocycles. The fraction of sp³-hybridized carbons (Fsp3) is 1.00. The second kappa shape index (κ2) is 3.75. The smallest absolute Gasteiger partial charge is 0.00823 e. The highest BCUT2D eigenvalue weighted by Gasteiger charge is 2.23. The van der Waals surface area contributed by atoms with E-state index in [1.165, 1.54) is 45.1 Å². The molecule has 0 radical (unpaired) electrons. The van der Waals surface area contributed by atoms with Crippen molar-refractivity contribution in [2.45, 2.75) is 50.6 Å². The Morgan fingerprint density at radius 1 is 1.17 bits per heavy atom. The Bertz CT molecular complexity index is 143. The molecule has 2 nitrogen and oxygen atoms in total. The SMILES string of the molecule is NC1CCC(NCCC2CC2)C1. The molecular formula is C10H20N2. The van der Waals surface area contributed by atoms with Crippen LogP contribution in [0.15, 0.2) is 0 Å². The summed E-state index contributed by atoms with van der Waals surface area (Å²) in [6, 6.07) is 1.21. The van der Waals surface area contributed by atoms with Crippen molar-refractivity contribution in [1.29, 1.82) is 0 Å². The third-order valence-corrected chi connectivity index (χ3v) is 3.16. The summed E-state index contributed by atoms with van der Waals surface area (Å²) in [6.07, 6.45) is 8.07. The molecule has 2 rings (SSSR count). The van der Waals surface area contributed by atoms with Gasteiger partial charge in [-0.1, -0.05) is 12.8 Å². The molecule has 2 fully saturated rings. The van der Waals surface area contributed by atoms with Crippen LogP contribution in [0.4, 0.5) is 0 Å². The molecule has 0 amide bonds. The van der Waals surface area contributed by atoms with Gasteiger partial charge in [0.1, 0.15) is 0 Å². The minimum Gasteiger partial charge on any atom is -0.328 e. The molecule has 12 heavy (non-hydrogen) atoms. The second-order valence-electron chi connectivity index (χ2n) is 4.46. The summed E-state index contributed by atoms with van der Waals surface area (Å²) in [5, 5.41) is 3.60. The number of hydrogen-bond acceptors (Lipinski definition) is 2. The first-order valence-electron chi connectivity index (χ1n) is 5.33. The molecule has 2 aliphatic rings. The van der Waals surface area contributed by atoms with Gasteiger partial charge in [0.25, 0.3) is 0 Å². The fourth-order valence-electron chi connectivity index (χ4n) is 2.10. The molecule has 0 aromatic heterocycles. The van der Waals surface area contributed by atoms with Crippen molar-refractivity contribution in [1.82, 2.24) is 5.32 Å². The molecule has 2 heteroatoms. The van der Waals surface area contributed by atoms with Crippen molar-refractivity contribution in [3.8, 4) is 0 Å². The van der Waals surface area contributed by atoms with E-state index in [1.54, 1.807) is 0 Å². The van der Waals surface area contributed by atoms with Crippen molar-refractivity contribution in [3.63, 3.8) is 0 Å². The Labute approximate surface area is 74.9 Å². The van der Waals surface area contributed by atoms with E-state index in [9.17, 15) is 0 Å². The van der Waals surface area contributed by atoms with Crippen LogP contribution in [0, 0.1) is 5.92 Å². The van der Waals surface area contributed by atoms with Gasteiger partial charge in [0.05, 0.1) is 0 Å². The monoisotopic (exact) mass is 168 g/mol. The minimum absolute atomic E-state index is 0.475. The van der Waals surface area contributed by atoms with E-state index >= 15 is 0 Å². The van der Waals surface area contributed by atoms with Crippen molar-refractivity contribution in [3.05, 3.63) is 0 Å². The molecule has 0 bridgehead atoms. The fourth-order valence-corrected chi connectivity index (χ4v) is 2.10. The Morgan fingerprint density at radius 2 is 2.00 bits per heavy atom. The summed E-state index contributed by atoms with van der Waals surface area (Å²) in [5.41, 5.74) is 5.83. The lowest BCUT2D eigenvalue weighted by Crippen LogP contribution is -2.29. The zero-order valence-electron chi connectivity index (χ0n) is 7.76. The molecule has 0 aromatic rings. The average molecular weight is 168 g/mol. The van der Waals surface area contributed by atoms with Gasteiger partial charge in [-0.15, -0.1) is 0 Å². The quantitative estimate of drug-likeness (QED) is 0.663. The van der Waals surface area contributed by atoms with E-state index in [0.717, 1.165) is 12.0 Å². The van der Waals surface area contributed by atoms with Gasteiger partial charge in [-0.25, -0.2) is 0 Å². The van der Waals surface area contributed by atoms with Gasteiger partial charge in [-0.3, -0.25) is 0 Å². The van der Waals surface area contributed by atoms with Gasteiger partial charge in [-0.05, 0) is 38.1 Å². The van der Waals surface area contributed by atoms with Gasteiger partial charge in [0, 0.05) is 12.1 Å². The molecule has 0 aliphatic heterocycles. The van der Waals surface area contributed by atoms with Crippen LogP contribution in [0.1, 0.15) is 38.5 Å². The second-order valence-corrected chi connectivity index (χ2v) is 4.46. The first-order valence-corrected chi connectivity index (χ1v) is 5.33. The highest BCUT2D eigenvalue weighted by atomic mass is 14.9. The van der Waals surface area contributed by atoms with E-state index in [-0.39, 0.29) is 0 Å². The summed E-state index contributed by atoms with van der Waals surface area (Å²) in [4.78, 5) is 0. The number of nitrogens with two attached hydrogens (primary N) is 1. The lowest BCUT2D eigenvalue weighted by Gasteiger charge is -2.11. The van der Waals surface area contributed by atoms with E-state index in [2.05, 4.69) is 5.32 Å². The van der Waals surface area contributed by atoms with Gasteiger partial charge < -0.3 is 11.1 Å². The normalized spacial score (nSPS) is 35.8. The summed E-state index contributed by atoms with van der Waals surface area (Å²) < 4.78 is 0. The molecule has 0 spiro atoms. The summed E-state index contributed by atoms with van der Waals surface area (Å²) in [6.45, 7) is 1.22. The van der Waals surface area contributed by atoms with Crippen molar-refractivity contribution in [2.75, 3.05) is 6.54 Å². The molecule has 2 aliphatic carbocycles. The minimum atomic E-state index is 0.475. The maximum atomic E-state index is 5.83. The van der Waals surface area contributed by atoms with Gasteiger partial charge in [-0.2, -0.15) is 0 Å². The highest BCUT2D eigenvalue weighted by molar-refractivity contribution is 4.83. The molecule has 0 aromatic carbocycles. The predicted molar refractivity (Wildman–Crippen MR) is 51.0 cm³/mol. The van der Waals surface area contributed by atoms with Crippen LogP contribution in [0.5, 0.6) is 0 Å². The summed E-state index contributed by atoms with van der Waals surface area (Å²) in [5.74, 6) is 1.06. The van der Waals surface area contributed by atoms with Gasteiger partial charge >= 0.3 is 0 Å². The molecular weight excluding hydrogens is 148 g/mol. The summed E-state index contributed by atoms with van der Waals surface area (Å²) >= 11 is 0. The third-order valence-electron chi connectivity index (χ3n) is 3.16. The van der Waals surface area contributed by atoms with E-state index in [4.69, 9.17) is 5.73 Å². The van der Waals surface area contributed by atoms with Crippen LogP contribution in [0.25, 0.3) is 0 Å². The highest BCUT2D eigenvalue weighted by Crippen LogP contribution is 2.31. The van der Waals surface area contributed by atoms with Crippen molar-refractivity contribution < 1.29 is 0 Å². The maximum absolute atomic E-state index is 5.83. The van der Waals surface area contributed by atoms with Crippen LogP contribution in [-0.4, -0.2) is 18.6 Å². The van der Waals surface area contributed by atoms with Gasteiger partial charge in [0.15, 0.2) is 0 Å². The molecule has 2 atom stereocenters. The Kier molecular flexibility index (Phi) is 2.66. The van der Waals surface area contributed by atoms with Crippen LogP contribution in [0.2, 0.25) is 0 Å². The topological polar surface area (TPSA) is 38.0 Å². The van der Waals surface area contributed by atoms with Crippen LogP contribution < -0.4 is 11.1 Å². The lowest BCUT2D eigenvalue weighted by atomic mass is 10.2. The molecule has 0 heterocycles. The Balaban J connectivity index is 1.54. The van der Waals surface area contributed by atoms with Gasteiger partial charge in [0.2, 0.25) is 0 Å². The largest absolute Gasteiger partial charge is 0.328 e. The lowest BCUT2D eigenvalue weighted by molar-refractivity contribution is 0.497. The molecule has 70 valence electrons. The van der Waals surface area contributed by atoms with Crippen LogP contribution >= 0.6 is 0 Å².